The number of anilines is 1. The minimum absolute atomic E-state index is 0.332. The topological polar surface area (TPSA) is 49.2 Å². The monoisotopic (exact) mass is 359 g/mol. The van der Waals surface area contributed by atoms with E-state index >= 15 is 0 Å². The number of aliphatic hydroxyl groups is 1. The Bertz CT molecular complexity index is 843. The molecule has 6 heteroatoms. The molecule has 4 nitrogen and oxygen atoms in total. The number of hydrogen-bond acceptors (Lipinski definition) is 6. The summed E-state index contributed by atoms with van der Waals surface area (Å²) in [5.74, 6) is 1.88. The number of hydrogen-bond donors (Lipinski definition) is 1. The van der Waals surface area contributed by atoms with Crippen LogP contribution in [-0.2, 0) is 0 Å². The van der Waals surface area contributed by atoms with Gasteiger partial charge < -0.3 is 10.0 Å². The van der Waals surface area contributed by atoms with Crippen molar-refractivity contribution in [2.75, 3.05) is 11.4 Å². The van der Waals surface area contributed by atoms with Crippen molar-refractivity contribution in [1.82, 2.24) is 9.97 Å². The normalized spacial score (nSPS) is 19.3. The van der Waals surface area contributed by atoms with Gasteiger partial charge >= 0.3 is 0 Å². The molecule has 4 heterocycles. The number of nitrogens with zero attached hydrogens (tertiary/aromatic N) is 3. The Morgan fingerprint density at radius 1 is 1.33 bits per heavy atom. The molecule has 1 fully saturated rings. The van der Waals surface area contributed by atoms with Gasteiger partial charge in [-0.3, -0.25) is 0 Å². The van der Waals surface area contributed by atoms with Crippen molar-refractivity contribution in [2.45, 2.75) is 45.3 Å². The zero-order valence-electron chi connectivity index (χ0n) is 13.9. The SMILES string of the molecule is Cc1nc(N2CCCC2CC(O)c2cccs2)c2c(C)csc2n1. The van der Waals surface area contributed by atoms with Crippen molar-refractivity contribution in [1.29, 1.82) is 0 Å². The third kappa shape index (κ3) is 2.83. The minimum Gasteiger partial charge on any atom is -0.387 e. The fraction of sp³-hybridized carbons (Fsp3) is 0.444. The van der Waals surface area contributed by atoms with E-state index in [0.717, 1.165) is 47.2 Å². The van der Waals surface area contributed by atoms with Crippen LogP contribution in [-0.4, -0.2) is 27.7 Å². The van der Waals surface area contributed by atoms with Crippen molar-refractivity contribution < 1.29 is 5.11 Å². The summed E-state index contributed by atoms with van der Waals surface area (Å²) < 4.78 is 0. The molecule has 0 saturated carbocycles. The van der Waals surface area contributed by atoms with Crippen LogP contribution >= 0.6 is 22.7 Å². The van der Waals surface area contributed by atoms with Gasteiger partial charge in [0.05, 0.1) is 11.5 Å². The molecule has 2 atom stereocenters. The molecule has 0 spiro atoms. The van der Waals surface area contributed by atoms with Crippen molar-refractivity contribution in [3.8, 4) is 0 Å². The van der Waals surface area contributed by atoms with E-state index in [2.05, 4.69) is 22.2 Å². The fourth-order valence-electron chi connectivity index (χ4n) is 3.59. The lowest BCUT2D eigenvalue weighted by Gasteiger charge is -2.28. The third-order valence-corrected chi connectivity index (χ3v) is 6.69. The van der Waals surface area contributed by atoms with Crippen LogP contribution < -0.4 is 4.90 Å². The summed E-state index contributed by atoms with van der Waals surface area (Å²) in [6, 6.07) is 4.35. The smallest absolute Gasteiger partial charge is 0.141 e. The molecule has 0 amide bonds. The fourth-order valence-corrected chi connectivity index (χ4v) is 5.27. The number of aliphatic hydroxyl groups excluding tert-OH is 1. The van der Waals surface area contributed by atoms with Gasteiger partial charge in [-0.15, -0.1) is 22.7 Å². The summed E-state index contributed by atoms with van der Waals surface area (Å²) in [5, 5.41) is 15.9. The first-order valence-corrected chi connectivity index (χ1v) is 10.1. The first kappa shape index (κ1) is 16.0. The van der Waals surface area contributed by atoms with E-state index < -0.39 is 6.10 Å². The van der Waals surface area contributed by atoms with Gasteiger partial charge in [-0.05, 0) is 55.5 Å². The van der Waals surface area contributed by atoms with E-state index in [1.54, 1.807) is 22.7 Å². The average molecular weight is 360 g/mol. The lowest BCUT2D eigenvalue weighted by atomic mass is 10.1. The van der Waals surface area contributed by atoms with Crippen LogP contribution in [0.4, 0.5) is 5.82 Å². The molecule has 0 bridgehead atoms. The van der Waals surface area contributed by atoms with Crippen LogP contribution in [0.25, 0.3) is 10.2 Å². The second-order valence-electron chi connectivity index (χ2n) is 6.45. The van der Waals surface area contributed by atoms with Gasteiger partial charge in [0.15, 0.2) is 0 Å². The second kappa shape index (κ2) is 6.43. The molecule has 3 aromatic rings. The molecule has 0 aromatic carbocycles. The molecular weight excluding hydrogens is 338 g/mol. The van der Waals surface area contributed by atoms with Crippen molar-refractivity contribution >= 4 is 38.7 Å². The van der Waals surface area contributed by atoms with Crippen LogP contribution in [0.1, 0.15) is 41.6 Å². The molecule has 126 valence electrons. The van der Waals surface area contributed by atoms with Gasteiger partial charge in [-0.2, -0.15) is 0 Å². The summed E-state index contributed by atoms with van der Waals surface area (Å²) in [4.78, 5) is 13.9. The standard InChI is InChI=1S/C18H21N3OS2/c1-11-10-24-18-16(11)17(19-12(2)20-18)21-7-3-5-13(21)9-14(22)15-6-4-8-23-15/h4,6,8,10,13-14,22H,3,5,7,9H2,1-2H3. The van der Waals surface area contributed by atoms with Crippen LogP contribution in [0.5, 0.6) is 0 Å². The number of aromatic nitrogens is 2. The van der Waals surface area contributed by atoms with E-state index in [1.165, 1.54) is 10.9 Å². The third-order valence-electron chi connectivity index (χ3n) is 4.73. The molecule has 4 rings (SSSR count). The van der Waals surface area contributed by atoms with Crippen LogP contribution in [0.15, 0.2) is 22.9 Å². The Balaban J connectivity index is 1.67. The molecule has 0 radical (unpaired) electrons. The lowest BCUT2D eigenvalue weighted by Crippen LogP contribution is -2.31. The van der Waals surface area contributed by atoms with Gasteiger partial charge in [-0.1, -0.05) is 6.07 Å². The maximum Gasteiger partial charge on any atom is 0.141 e. The summed E-state index contributed by atoms with van der Waals surface area (Å²) in [6.07, 6.45) is 2.62. The number of rotatable bonds is 4. The molecule has 1 saturated heterocycles. The summed E-state index contributed by atoms with van der Waals surface area (Å²) in [5.41, 5.74) is 1.24. The first-order chi connectivity index (χ1) is 11.6. The van der Waals surface area contributed by atoms with Crippen LogP contribution in [0.2, 0.25) is 0 Å². The average Bonchev–Trinajstić information content (AvgIpc) is 3.28. The number of aryl methyl sites for hydroxylation is 2. The molecular formula is C18H21N3OS2. The molecule has 1 N–H and O–H groups in total. The summed E-state index contributed by atoms with van der Waals surface area (Å²) in [7, 11) is 0. The molecule has 1 aliphatic heterocycles. The highest BCUT2D eigenvalue weighted by molar-refractivity contribution is 7.17. The Hall–Kier alpha value is -1.50. The largest absolute Gasteiger partial charge is 0.387 e. The Kier molecular flexibility index (Phi) is 4.28. The zero-order valence-corrected chi connectivity index (χ0v) is 15.5. The Morgan fingerprint density at radius 2 is 2.21 bits per heavy atom. The van der Waals surface area contributed by atoms with Gasteiger partial charge in [-0.25, -0.2) is 9.97 Å². The van der Waals surface area contributed by atoms with Gasteiger partial charge in [0.1, 0.15) is 16.5 Å². The van der Waals surface area contributed by atoms with Gasteiger partial charge in [0, 0.05) is 17.5 Å². The van der Waals surface area contributed by atoms with E-state index in [-0.39, 0.29) is 0 Å². The zero-order chi connectivity index (χ0) is 16.7. The lowest BCUT2D eigenvalue weighted by molar-refractivity contribution is 0.161. The molecule has 3 aromatic heterocycles. The number of thiophene rings is 2. The molecule has 1 aliphatic rings. The Morgan fingerprint density at radius 3 is 3.00 bits per heavy atom. The molecule has 2 unspecified atom stereocenters. The predicted octanol–water partition coefficient (Wildman–Crippen LogP) is 4.46. The number of fused-ring (bicyclic) bond motifs is 1. The van der Waals surface area contributed by atoms with E-state index in [1.807, 2.05) is 24.4 Å². The van der Waals surface area contributed by atoms with E-state index in [4.69, 9.17) is 4.98 Å². The second-order valence-corrected chi connectivity index (χ2v) is 8.29. The van der Waals surface area contributed by atoms with Crippen molar-refractivity contribution in [3.63, 3.8) is 0 Å². The highest BCUT2D eigenvalue weighted by atomic mass is 32.1. The van der Waals surface area contributed by atoms with Crippen molar-refractivity contribution in [3.05, 3.63) is 39.2 Å². The summed E-state index contributed by atoms with van der Waals surface area (Å²) >= 11 is 3.32. The maximum atomic E-state index is 10.6. The summed E-state index contributed by atoms with van der Waals surface area (Å²) in [6.45, 7) is 5.10. The van der Waals surface area contributed by atoms with Crippen molar-refractivity contribution in [2.24, 2.45) is 0 Å². The predicted molar refractivity (Wildman–Crippen MR) is 101 cm³/mol. The maximum absolute atomic E-state index is 10.6. The Labute approximate surface area is 149 Å². The van der Waals surface area contributed by atoms with Gasteiger partial charge in [0.25, 0.3) is 0 Å². The van der Waals surface area contributed by atoms with Crippen LogP contribution in [0.3, 0.4) is 0 Å². The van der Waals surface area contributed by atoms with Gasteiger partial charge in [0.2, 0.25) is 0 Å². The van der Waals surface area contributed by atoms with E-state index in [0.29, 0.717) is 6.04 Å². The minimum atomic E-state index is -0.391. The van der Waals surface area contributed by atoms with E-state index in [9.17, 15) is 5.11 Å². The molecule has 24 heavy (non-hydrogen) atoms. The van der Waals surface area contributed by atoms with Crippen LogP contribution in [0, 0.1) is 13.8 Å². The highest BCUT2D eigenvalue weighted by Gasteiger charge is 2.30. The highest BCUT2D eigenvalue weighted by Crippen LogP contribution is 2.37. The quantitative estimate of drug-likeness (QED) is 0.747. The molecule has 0 aliphatic carbocycles. The first-order valence-electron chi connectivity index (χ1n) is 8.34.